The molecule has 17 heavy (non-hydrogen) atoms. The van der Waals surface area contributed by atoms with Crippen LogP contribution in [0.1, 0.15) is 30.9 Å². The number of sulfone groups is 1. The van der Waals surface area contributed by atoms with Crippen LogP contribution in [0.5, 0.6) is 0 Å². The zero-order valence-electron chi connectivity index (χ0n) is 9.54. The Morgan fingerprint density at radius 3 is 2.88 bits per heavy atom. The van der Waals surface area contributed by atoms with E-state index in [4.69, 9.17) is 5.84 Å². The first-order chi connectivity index (χ1) is 8.15. The van der Waals surface area contributed by atoms with Crippen molar-refractivity contribution in [1.82, 2.24) is 10.4 Å². The summed E-state index contributed by atoms with van der Waals surface area (Å²) in [4.78, 5) is 4.01. The molecule has 1 aromatic rings. The summed E-state index contributed by atoms with van der Waals surface area (Å²) in [6, 6.07) is 3.27. The molecule has 0 radical (unpaired) electrons. The van der Waals surface area contributed by atoms with Gasteiger partial charge in [-0.05, 0) is 24.5 Å². The Morgan fingerprint density at radius 2 is 2.29 bits per heavy atom. The molecule has 3 N–H and O–H groups in total. The molecule has 0 aliphatic carbocycles. The molecular formula is C11H17N3O2S. The number of hydrogen-bond donors (Lipinski definition) is 2. The fraction of sp³-hybridized carbons (Fsp3) is 0.545. The lowest BCUT2D eigenvalue weighted by atomic mass is 10.0. The van der Waals surface area contributed by atoms with Crippen molar-refractivity contribution in [3.63, 3.8) is 0 Å². The van der Waals surface area contributed by atoms with E-state index in [-0.39, 0.29) is 11.8 Å². The van der Waals surface area contributed by atoms with Gasteiger partial charge in [0.15, 0.2) is 9.84 Å². The highest BCUT2D eigenvalue weighted by Crippen LogP contribution is 2.29. The van der Waals surface area contributed by atoms with Gasteiger partial charge < -0.3 is 0 Å². The fourth-order valence-electron chi connectivity index (χ4n) is 2.33. The summed E-state index contributed by atoms with van der Waals surface area (Å²) in [6.07, 6.45) is 5.67. The number of nitrogens with one attached hydrogen (secondary N) is 1. The van der Waals surface area contributed by atoms with Crippen molar-refractivity contribution in [2.45, 2.75) is 30.6 Å². The van der Waals surface area contributed by atoms with Crippen LogP contribution in [-0.2, 0) is 9.84 Å². The number of nitrogens with two attached hydrogens (primary N) is 1. The first kappa shape index (κ1) is 12.5. The lowest BCUT2D eigenvalue weighted by Crippen LogP contribution is -2.43. The lowest BCUT2D eigenvalue weighted by molar-refractivity contribution is 0.453. The van der Waals surface area contributed by atoms with Crippen LogP contribution in [-0.4, -0.2) is 24.4 Å². The van der Waals surface area contributed by atoms with Crippen molar-refractivity contribution in [2.24, 2.45) is 5.84 Å². The summed E-state index contributed by atoms with van der Waals surface area (Å²) in [5, 5.41) is -0.439. The fourth-order valence-corrected chi connectivity index (χ4v) is 4.42. The second kappa shape index (κ2) is 5.12. The van der Waals surface area contributed by atoms with Crippen LogP contribution in [0.4, 0.5) is 0 Å². The summed E-state index contributed by atoms with van der Waals surface area (Å²) in [5.74, 6) is 5.77. The largest absolute Gasteiger partial charge is 0.271 e. The van der Waals surface area contributed by atoms with E-state index in [1.54, 1.807) is 18.5 Å². The van der Waals surface area contributed by atoms with Crippen LogP contribution >= 0.6 is 0 Å². The van der Waals surface area contributed by atoms with Gasteiger partial charge in [-0.15, -0.1) is 0 Å². The SMILES string of the molecule is NNC(c1cccnc1)C1CCCCS1(=O)=O. The second-order valence-electron chi connectivity index (χ2n) is 4.33. The summed E-state index contributed by atoms with van der Waals surface area (Å²) in [5.41, 5.74) is 3.45. The molecule has 94 valence electrons. The highest BCUT2D eigenvalue weighted by Gasteiger charge is 2.35. The third-order valence-electron chi connectivity index (χ3n) is 3.22. The van der Waals surface area contributed by atoms with Gasteiger partial charge in [0.1, 0.15) is 0 Å². The zero-order valence-corrected chi connectivity index (χ0v) is 10.4. The topological polar surface area (TPSA) is 85.1 Å². The van der Waals surface area contributed by atoms with E-state index in [0.717, 1.165) is 18.4 Å². The summed E-state index contributed by atoms with van der Waals surface area (Å²) < 4.78 is 24.1. The predicted octanol–water partition coefficient (Wildman–Crippen LogP) is 0.553. The van der Waals surface area contributed by atoms with Crippen LogP contribution < -0.4 is 11.3 Å². The minimum atomic E-state index is -3.05. The van der Waals surface area contributed by atoms with E-state index in [9.17, 15) is 8.42 Å². The molecule has 0 saturated carbocycles. The Balaban J connectivity index is 2.30. The predicted molar refractivity (Wildman–Crippen MR) is 65.7 cm³/mol. The third kappa shape index (κ3) is 2.65. The van der Waals surface area contributed by atoms with Crippen LogP contribution in [0.25, 0.3) is 0 Å². The van der Waals surface area contributed by atoms with Crippen molar-refractivity contribution in [3.05, 3.63) is 30.1 Å². The van der Waals surface area contributed by atoms with Gasteiger partial charge >= 0.3 is 0 Å². The zero-order chi connectivity index (χ0) is 12.3. The number of nitrogens with zero attached hydrogens (tertiary/aromatic N) is 1. The smallest absolute Gasteiger partial charge is 0.155 e. The molecule has 0 bridgehead atoms. The Hall–Kier alpha value is -0.980. The molecule has 1 aliphatic rings. The van der Waals surface area contributed by atoms with Gasteiger partial charge in [-0.3, -0.25) is 16.3 Å². The molecule has 5 nitrogen and oxygen atoms in total. The van der Waals surface area contributed by atoms with Gasteiger partial charge in [-0.25, -0.2) is 8.42 Å². The molecule has 1 aliphatic heterocycles. The van der Waals surface area contributed by atoms with Crippen LogP contribution in [0.3, 0.4) is 0 Å². The third-order valence-corrected chi connectivity index (χ3v) is 5.51. The van der Waals surface area contributed by atoms with Crippen LogP contribution in [0.15, 0.2) is 24.5 Å². The number of hydrazine groups is 1. The van der Waals surface area contributed by atoms with Crippen LogP contribution in [0, 0.1) is 0 Å². The van der Waals surface area contributed by atoms with Crippen molar-refractivity contribution in [3.8, 4) is 0 Å². The Kier molecular flexibility index (Phi) is 3.76. The van der Waals surface area contributed by atoms with E-state index in [0.29, 0.717) is 6.42 Å². The number of pyridine rings is 1. The second-order valence-corrected chi connectivity index (χ2v) is 6.67. The molecule has 1 fully saturated rings. The van der Waals surface area contributed by atoms with Gasteiger partial charge in [0.25, 0.3) is 0 Å². The Bertz CT molecular complexity index is 461. The first-order valence-corrected chi connectivity index (χ1v) is 7.44. The molecule has 2 heterocycles. The monoisotopic (exact) mass is 255 g/mol. The molecule has 0 spiro atoms. The minimum absolute atomic E-state index is 0.260. The van der Waals surface area contributed by atoms with Gasteiger partial charge in [-0.1, -0.05) is 12.5 Å². The standard InChI is InChI=1S/C11H17N3O2S/c12-14-11(9-4-3-6-13-8-9)10-5-1-2-7-17(10,15)16/h3-4,6,8,10-11,14H,1-2,5,7,12H2. The summed E-state index contributed by atoms with van der Waals surface area (Å²) in [7, 11) is -3.05. The maximum atomic E-state index is 12.0. The maximum Gasteiger partial charge on any atom is 0.155 e. The molecule has 0 amide bonds. The van der Waals surface area contributed by atoms with Gasteiger partial charge in [-0.2, -0.15) is 0 Å². The van der Waals surface area contributed by atoms with Crippen molar-refractivity contribution in [1.29, 1.82) is 0 Å². The van der Waals surface area contributed by atoms with E-state index < -0.39 is 15.1 Å². The summed E-state index contributed by atoms with van der Waals surface area (Å²) >= 11 is 0. The maximum absolute atomic E-state index is 12.0. The first-order valence-electron chi connectivity index (χ1n) is 5.73. The van der Waals surface area contributed by atoms with Crippen LogP contribution in [0.2, 0.25) is 0 Å². The molecule has 2 unspecified atom stereocenters. The summed E-state index contributed by atoms with van der Waals surface area (Å²) in [6.45, 7) is 0. The van der Waals surface area contributed by atoms with Gasteiger partial charge in [0.2, 0.25) is 0 Å². The highest BCUT2D eigenvalue weighted by molar-refractivity contribution is 7.92. The Labute approximate surface area is 101 Å². The molecule has 2 rings (SSSR count). The molecule has 2 atom stereocenters. The molecule has 6 heteroatoms. The average molecular weight is 255 g/mol. The van der Waals surface area contributed by atoms with E-state index in [1.807, 2.05) is 6.07 Å². The molecule has 1 saturated heterocycles. The number of aromatic nitrogens is 1. The lowest BCUT2D eigenvalue weighted by Gasteiger charge is -2.29. The number of rotatable bonds is 3. The molecule has 1 aromatic heterocycles. The minimum Gasteiger partial charge on any atom is -0.271 e. The molecule has 0 aromatic carbocycles. The van der Waals surface area contributed by atoms with Crippen molar-refractivity contribution in [2.75, 3.05) is 5.75 Å². The average Bonchev–Trinajstić information content (AvgIpc) is 2.33. The Morgan fingerprint density at radius 1 is 1.47 bits per heavy atom. The van der Waals surface area contributed by atoms with E-state index >= 15 is 0 Å². The molecular weight excluding hydrogens is 238 g/mol. The van der Waals surface area contributed by atoms with E-state index in [1.165, 1.54) is 0 Å². The normalized spacial score (nSPS) is 25.4. The highest BCUT2D eigenvalue weighted by atomic mass is 32.2. The van der Waals surface area contributed by atoms with Crippen molar-refractivity contribution < 1.29 is 8.42 Å². The van der Waals surface area contributed by atoms with Gasteiger partial charge in [0.05, 0.1) is 17.0 Å². The van der Waals surface area contributed by atoms with Crippen molar-refractivity contribution >= 4 is 9.84 Å². The number of hydrogen-bond acceptors (Lipinski definition) is 5. The van der Waals surface area contributed by atoms with E-state index in [2.05, 4.69) is 10.4 Å². The van der Waals surface area contributed by atoms with Gasteiger partial charge in [0, 0.05) is 12.4 Å². The quantitative estimate of drug-likeness (QED) is 0.608.